The Labute approximate surface area is 150 Å². The lowest BCUT2D eigenvalue weighted by atomic mass is 9.74. The van der Waals surface area contributed by atoms with Crippen LogP contribution in [0.15, 0.2) is 24.3 Å². The number of likely N-dealkylation sites (tertiary alicyclic amines) is 1. The number of methoxy groups -OCH3 is 2. The second-order valence-electron chi connectivity index (χ2n) is 7.09. The van der Waals surface area contributed by atoms with Crippen molar-refractivity contribution in [3.63, 3.8) is 0 Å². The van der Waals surface area contributed by atoms with Crippen molar-refractivity contribution < 1.29 is 14.3 Å². The fraction of sp³-hybridized carbons (Fsp3) is 0.550. The maximum Gasteiger partial charge on any atom is 0.246 e. The van der Waals surface area contributed by atoms with Crippen molar-refractivity contribution in [2.75, 3.05) is 40.4 Å². The molecule has 2 heterocycles. The number of hydrogen-bond acceptors (Lipinski definition) is 4. The first-order valence-electron chi connectivity index (χ1n) is 9.05. The standard InChI is InChI=1S/C20H28N2O3/c1-24-17-7-5-16(13-18(17)25-2)6-8-19(23)22-12-4-10-20(15-22)9-3-11-21-14-20/h5-8,13,21H,3-4,9-12,14-15H2,1-2H3/b8-6+. The molecule has 136 valence electrons. The van der Waals surface area contributed by atoms with E-state index < -0.39 is 0 Å². The van der Waals surface area contributed by atoms with Gasteiger partial charge < -0.3 is 19.7 Å². The SMILES string of the molecule is COc1ccc(/C=C/C(=O)N2CCCC3(CCCNC3)C2)cc1OC. The van der Waals surface area contributed by atoms with E-state index in [1.807, 2.05) is 29.2 Å². The third-order valence-electron chi connectivity index (χ3n) is 5.36. The van der Waals surface area contributed by atoms with Gasteiger partial charge in [-0.15, -0.1) is 0 Å². The maximum atomic E-state index is 12.6. The molecule has 0 radical (unpaired) electrons. The minimum atomic E-state index is 0.0967. The van der Waals surface area contributed by atoms with Crippen LogP contribution in [0.1, 0.15) is 31.2 Å². The van der Waals surface area contributed by atoms with Crippen LogP contribution in [0, 0.1) is 5.41 Å². The zero-order valence-electron chi connectivity index (χ0n) is 15.2. The molecule has 0 saturated carbocycles. The summed E-state index contributed by atoms with van der Waals surface area (Å²) >= 11 is 0. The van der Waals surface area contributed by atoms with E-state index in [1.54, 1.807) is 20.3 Å². The van der Waals surface area contributed by atoms with Gasteiger partial charge in [-0.2, -0.15) is 0 Å². The lowest BCUT2D eigenvalue weighted by Gasteiger charge is -2.45. The van der Waals surface area contributed by atoms with E-state index in [2.05, 4.69) is 5.32 Å². The predicted octanol–water partition coefficient (Wildman–Crippen LogP) is 2.71. The fourth-order valence-electron chi connectivity index (χ4n) is 4.00. The zero-order chi connectivity index (χ0) is 17.7. The van der Waals surface area contributed by atoms with Crippen LogP contribution >= 0.6 is 0 Å². The van der Waals surface area contributed by atoms with E-state index in [1.165, 1.54) is 19.3 Å². The third-order valence-corrected chi connectivity index (χ3v) is 5.36. The highest BCUT2D eigenvalue weighted by molar-refractivity contribution is 5.92. The third kappa shape index (κ3) is 4.15. The summed E-state index contributed by atoms with van der Waals surface area (Å²) in [5, 5.41) is 3.50. The van der Waals surface area contributed by atoms with E-state index in [9.17, 15) is 4.79 Å². The second-order valence-corrected chi connectivity index (χ2v) is 7.09. The Bertz CT molecular complexity index is 630. The zero-order valence-corrected chi connectivity index (χ0v) is 15.2. The van der Waals surface area contributed by atoms with Gasteiger partial charge in [0.1, 0.15) is 0 Å². The van der Waals surface area contributed by atoms with Crippen LogP contribution in [-0.4, -0.2) is 51.2 Å². The van der Waals surface area contributed by atoms with Crippen molar-refractivity contribution in [2.24, 2.45) is 5.41 Å². The molecule has 0 aliphatic carbocycles. The molecule has 1 aromatic carbocycles. The Kier molecular flexibility index (Phi) is 5.63. The first kappa shape index (κ1) is 17.8. The van der Waals surface area contributed by atoms with Crippen molar-refractivity contribution in [2.45, 2.75) is 25.7 Å². The molecule has 25 heavy (non-hydrogen) atoms. The van der Waals surface area contributed by atoms with Crippen LogP contribution in [0.3, 0.4) is 0 Å². The summed E-state index contributed by atoms with van der Waals surface area (Å²) in [4.78, 5) is 14.6. The molecule has 2 saturated heterocycles. The van der Waals surface area contributed by atoms with Crippen LogP contribution in [0.25, 0.3) is 6.08 Å². The van der Waals surface area contributed by atoms with Crippen molar-refractivity contribution in [3.05, 3.63) is 29.8 Å². The lowest BCUT2D eigenvalue weighted by Crippen LogP contribution is -2.52. The molecule has 1 atom stereocenters. The summed E-state index contributed by atoms with van der Waals surface area (Å²) in [5.41, 5.74) is 1.21. The van der Waals surface area contributed by atoms with Crippen LogP contribution in [0.2, 0.25) is 0 Å². The quantitative estimate of drug-likeness (QED) is 0.854. The molecule has 1 spiro atoms. The monoisotopic (exact) mass is 344 g/mol. The van der Waals surface area contributed by atoms with Gasteiger partial charge in [0, 0.05) is 31.1 Å². The molecule has 3 rings (SSSR count). The number of hydrogen-bond donors (Lipinski definition) is 1. The number of amides is 1. The van der Waals surface area contributed by atoms with Crippen LogP contribution < -0.4 is 14.8 Å². The van der Waals surface area contributed by atoms with E-state index >= 15 is 0 Å². The summed E-state index contributed by atoms with van der Waals surface area (Å²) in [7, 11) is 3.23. The molecule has 1 amide bonds. The highest BCUT2D eigenvalue weighted by Crippen LogP contribution is 2.36. The van der Waals surface area contributed by atoms with Gasteiger partial charge in [-0.05, 0) is 56.0 Å². The van der Waals surface area contributed by atoms with Crippen molar-refractivity contribution in [3.8, 4) is 11.5 Å². The average Bonchev–Trinajstić information content (AvgIpc) is 2.66. The van der Waals surface area contributed by atoms with Gasteiger partial charge in [-0.3, -0.25) is 4.79 Å². The Morgan fingerprint density at radius 3 is 2.72 bits per heavy atom. The number of carbonyl (C=O) groups is 1. The van der Waals surface area contributed by atoms with E-state index in [0.29, 0.717) is 11.5 Å². The first-order chi connectivity index (χ1) is 12.2. The van der Waals surface area contributed by atoms with Crippen molar-refractivity contribution in [1.29, 1.82) is 0 Å². The van der Waals surface area contributed by atoms with Gasteiger partial charge in [0.05, 0.1) is 14.2 Å². The largest absolute Gasteiger partial charge is 0.493 e. The van der Waals surface area contributed by atoms with Gasteiger partial charge in [0.15, 0.2) is 11.5 Å². The van der Waals surface area contributed by atoms with Crippen LogP contribution in [-0.2, 0) is 4.79 Å². The molecule has 1 aromatic rings. The van der Waals surface area contributed by atoms with E-state index in [0.717, 1.165) is 38.2 Å². The summed E-state index contributed by atoms with van der Waals surface area (Å²) in [6.45, 7) is 3.87. The molecule has 5 heteroatoms. The van der Waals surface area contributed by atoms with Gasteiger partial charge in [-0.1, -0.05) is 6.07 Å². The average molecular weight is 344 g/mol. The lowest BCUT2D eigenvalue weighted by molar-refractivity contribution is -0.129. The molecule has 1 N–H and O–H groups in total. The number of carbonyl (C=O) groups excluding carboxylic acids is 1. The van der Waals surface area contributed by atoms with Gasteiger partial charge in [-0.25, -0.2) is 0 Å². The number of rotatable bonds is 4. The van der Waals surface area contributed by atoms with Gasteiger partial charge >= 0.3 is 0 Å². The van der Waals surface area contributed by atoms with E-state index in [4.69, 9.17) is 9.47 Å². The summed E-state index contributed by atoms with van der Waals surface area (Å²) < 4.78 is 10.6. The molecule has 0 aromatic heterocycles. The Hall–Kier alpha value is -2.01. The molecule has 2 aliphatic heterocycles. The van der Waals surface area contributed by atoms with Gasteiger partial charge in [0.2, 0.25) is 5.91 Å². The van der Waals surface area contributed by atoms with Crippen molar-refractivity contribution in [1.82, 2.24) is 10.2 Å². The number of nitrogens with zero attached hydrogens (tertiary/aromatic N) is 1. The Morgan fingerprint density at radius 2 is 2.00 bits per heavy atom. The molecule has 1 unspecified atom stereocenters. The van der Waals surface area contributed by atoms with Crippen LogP contribution in [0.5, 0.6) is 11.5 Å². The molecule has 5 nitrogen and oxygen atoms in total. The molecular formula is C20H28N2O3. The summed E-state index contributed by atoms with van der Waals surface area (Å²) in [6.07, 6.45) is 8.29. The number of benzene rings is 1. The highest BCUT2D eigenvalue weighted by Gasteiger charge is 2.37. The summed E-state index contributed by atoms with van der Waals surface area (Å²) in [5.74, 6) is 1.45. The van der Waals surface area contributed by atoms with Crippen LogP contribution in [0.4, 0.5) is 0 Å². The summed E-state index contributed by atoms with van der Waals surface area (Å²) in [6, 6.07) is 5.66. The Balaban J connectivity index is 1.66. The smallest absolute Gasteiger partial charge is 0.246 e. The molecular weight excluding hydrogens is 316 g/mol. The first-order valence-corrected chi connectivity index (χ1v) is 9.05. The number of piperidine rings is 2. The minimum Gasteiger partial charge on any atom is -0.493 e. The molecule has 2 fully saturated rings. The Morgan fingerprint density at radius 1 is 1.20 bits per heavy atom. The maximum absolute atomic E-state index is 12.6. The topological polar surface area (TPSA) is 50.8 Å². The van der Waals surface area contributed by atoms with Crippen molar-refractivity contribution >= 4 is 12.0 Å². The fourth-order valence-corrected chi connectivity index (χ4v) is 4.00. The molecule has 2 aliphatic rings. The second kappa shape index (κ2) is 7.91. The number of nitrogens with one attached hydrogen (secondary N) is 1. The predicted molar refractivity (Wildman–Crippen MR) is 98.9 cm³/mol. The normalized spacial score (nSPS) is 23.8. The highest BCUT2D eigenvalue weighted by atomic mass is 16.5. The number of ether oxygens (including phenoxy) is 2. The molecule has 0 bridgehead atoms. The minimum absolute atomic E-state index is 0.0967. The van der Waals surface area contributed by atoms with Gasteiger partial charge in [0.25, 0.3) is 0 Å². The van der Waals surface area contributed by atoms with E-state index in [-0.39, 0.29) is 11.3 Å².